The van der Waals surface area contributed by atoms with Crippen LogP contribution in [-0.4, -0.2) is 76.7 Å². The first kappa shape index (κ1) is 20.1. The topological polar surface area (TPSA) is 99.0 Å². The number of aromatic nitrogens is 3. The van der Waals surface area contributed by atoms with Crippen LogP contribution in [0.5, 0.6) is 5.75 Å². The van der Waals surface area contributed by atoms with E-state index in [0.29, 0.717) is 50.7 Å². The summed E-state index contributed by atoms with van der Waals surface area (Å²) in [5.74, 6) is 0.596. The average Bonchev–Trinajstić information content (AvgIpc) is 3.22. The molecule has 1 unspecified atom stereocenters. The predicted octanol–water partition coefficient (Wildman–Crippen LogP) is 1.47. The van der Waals surface area contributed by atoms with Crippen LogP contribution in [0.3, 0.4) is 0 Å². The lowest BCUT2D eigenvalue weighted by Crippen LogP contribution is -2.51. The van der Waals surface area contributed by atoms with Crippen LogP contribution < -0.4 is 4.74 Å². The fraction of sp³-hybridized carbons (Fsp3) is 0.500. The number of nitrogens with zero attached hydrogens (tertiary/aromatic N) is 5. The van der Waals surface area contributed by atoms with Crippen molar-refractivity contribution in [3.8, 4) is 5.75 Å². The van der Waals surface area contributed by atoms with E-state index in [4.69, 9.17) is 14.2 Å². The van der Waals surface area contributed by atoms with E-state index in [1.54, 1.807) is 28.5 Å². The normalized spacial score (nSPS) is 18.7. The number of methoxy groups -OCH3 is 1. The molecule has 0 spiro atoms. The van der Waals surface area contributed by atoms with Crippen molar-refractivity contribution in [1.82, 2.24) is 24.8 Å². The summed E-state index contributed by atoms with van der Waals surface area (Å²) in [5, 5.41) is 8.31. The highest BCUT2D eigenvalue weighted by atomic mass is 16.6. The third-order valence-corrected chi connectivity index (χ3v) is 5.38. The lowest BCUT2D eigenvalue weighted by atomic mass is 10.1. The van der Waals surface area contributed by atoms with Gasteiger partial charge in [0.05, 0.1) is 32.6 Å². The molecule has 10 heteroatoms. The molecule has 0 radical (unpaired) electrons. The summed E-state index contributed by atoms with van der Waals surface area (Å²) >= 11 is 0. The maximum absolute atomic E-state index is 13.0. The smallest absolute Gasteiger partial charge is 0.409 e. The fourth-order valence-corrected chi connectivity index (χ4v) is 3.65. The maximum atomic E-state index is 13.0. The van der Waals surface area contributed by atoms with Crippen molar-refractivity contribution in [2.75, 3.05) is 39.9 Å². The van der Waals surface area contributed by atoms with Gasteiger partial charge >= 0.3 is 6.09 Å². The van der Waals surface area contributed by atoms with Crippen LogP contribution in [0.1, 0.15) is 34.8 Å². The van der Waals surface area contributed by atoms with Crippen LogP contribution in [0.15, 0.2) is 24.3 Å². The van der Waals surface area contributed by atoms with E-state index in [1.165, 1.54) is 0 Å². The first-order valence-electron chi connectivity index (χ1n) is 9.99. The van der Waals surface area contributed by atoms with Gasteiger partial charge < -0.3 is 24.0 Å². The van der Waals surface area contributed by atoms with Gasteiger partial charge in [0.15, 0.2) is 5.69 Å². The van der Waals surface area contributed by atoms with Gasteiger partial charge in [-0.15, -0.1) is 5.10 Å². The average molecular weight is 415 g/mol. The number of fused-ring (bicyclic) bond motifs is 1. The quantitative estimate of drug-likeness (QED) is 0.746. The number of rotatable bonds is 4. The van der Waals surface area contributed by atoms with Gasteiger partial charge in [0.2, 0.25) is 0 Å². The number of ether oxygens (including phenoxy) is 3. The van der Waals surface area contributed by atoms with E-state index in [2.05, 4.69) is 10.3 Å². The van der Waals surface area contributed by atoms with Gasteiger partial charge in [0, 0.05) is 26.2 Å². The molecule has 4 rings (SSSR count). The second-order valence-corrected chi connectivity index (χ2v) is 7.12. The number of piperazine rings is 1. The summed E-state index contributed by atoms with van der Waals surface area (Å²) < 4.78 is 17.9. The Morgan fingerprint density at radius 2 is 1.83 bits per heavy atom. The summed E-state index contributed by atoms with van der Waals surface area (Å²) in [6.45, 7) is 4.58. The number of benzene rings is 1. The van der Waals surface area contributed by atoms with E-state index in [1.807, 2.05) is 24.3 Å². The van der Waals surface area contributed by atoms with Crippen molar-refractivity contribution in [2.24, 2.45) is 0 Å². The molecule has 10 nitrogen and oxygen atoms in total. The highest BCUT2D eigenvalue weighted by Crippen LogP contribution is 2.28. The second-order valence-electron chi connectivity index (χ2n) is 7.12. The van der Waals surface area contributed by atoms with Gasteiger partial charge in [-0.2, -0.15) is 0 Å². The minimum absolute atomic E-state index is 0.166. The van der Waals surface area contributed by atoms with E-state index < -0.39 is 0 Å². The van der Waals surface area contributed by atoms with Crippen LogP contribution >= 0.6 is 0 Å². The number of carbonyl (C=O) groups excluding carboxylic acids is 2. The Morgan fingerprint density at radius 1 is 1.13 bits per heavy atom. The Kier molecular flexibility index (Phi) is 5.84. The van der Waals surface area contributed by atoms with Crippen LogP contribution in [0.2, 0.25) is 0 Å². The Morgan fingerprint density at radius 3 is 2.50 bits per heavy atom. The van der Waals surface area contributed by atoms with Crippen molar-refractivity contribution in [2.45, 2.75) is 26.2 Å². The van der Waals surface area contributed by atoms with E-state index >= 15 is 0 Å². The lowest BCUT2D eigenvalue weighted by Gasteiger charge is -2.33. The summed E-state index contributed by atoms with van der Waals surface area (Å²) in [6.07, 6.45) is -0.509. The van der Waals surface area contributed by atoms with E-state index in [0.717, 1.165) is 11.3 Å². The first-order chi connectivity index (χ1) is 14.6. The Bertz CT molecular complexity index is 905. The third-order valence-electron chi connectivity index (χ3n) is 5.38. The lowest BCUT2D eigenvalue weighted by molar-refractivity contribution is -0.00205. The highest BCUT2D eigenvalue weighted by molar-refractivity contribution is 5.93. The minimum atomic E-state index is -0.344. The molecule has 0 bridgehead atoms. The summed E-state index contributed by atoms with van der Waals surface area (Å²) in [4.78, 5) is 28.1. The Labute approximate surface area is 174 Å². The maximum Gasteiger partial charge on any atom is 0.409 e. The number of hydrogen-bond acceptors (Lipinski definition) is 7. The van der Waals surface area contributed by atoms with Gasteiger partial charge in [-0.25, -0.2) is 9.48 Å². The number of carbonyl (C=O) groups is 2. The molecule has 1 fully saturated rings. The fourth-order valence-electron chi connectivity index (χ4n) is 3.65. The molecular formula is C20H25N5O5. The molecule has 160 valence electrons. The number of amides is 2. The van der Waals surface area contributed by atoms with E-state index in [9.17, 15) is 9.59 Å². The first-order valence-corrected chi connectivity index (χ1v) is 9.99. The molecule has 2 amide bonds. The SMILES string of the molecule is CCOC(=O)N1CCN(C(=O)c2nnn3c2COC(c2ccc(OC)cc2)C3)CC1. The zero-order valence-electron chi connectivity index (χ0n) is 17.1. The Hall–Kier alpha value is -3.14. The molecule has 1 aromatic carbocycles. The molecule has 0 N–H and O–H groups in total. The molecule has 2 aliphatic rings. The molecule has 1 aromatic heterocycles. The second kappa shape index (κ2) is 8.70. The van der Waals surface area contributed by atoms with Crippen LogP contribution in [0.25, 0.3) is 0 Å². The zero-order valence-corrected chi connectivity index (χ0v) is 17.1. The van der Waals surface area contributed by atoms with Crippen molar-refractivity contribution in [3.05, 3.63) is 41.2 Å². The van der Waals surface area contributed by atoms with Gasteiger partial charge in [-0.3, -0.25) is 4.79 Å². The van der Waals surface area contributed by atoms with Gasteiger partial charge in [0.1, 0.15) is 11.9 Å². The minimum Gasteiger partial charge on any atom is -0.497 e. The molecular weight excluding hydrogens is 390 g/mol. The van der Waals surface area contributed by atoms with Gasteiger partial charge in [-0.05, 0) is 24.6 Å². The highest BCUT2D eigenvalue weighted by Gasteiger charge is 2.32. The molecule has 30 heavy (non-hydrogen) atoms. The summed E-state index contributed by atoms with van der Waals surface area (Å²) in [7, 11) is 1.63. The van der Waals surface area contributed by atoms with Gasteiger partial charge in [-0.1, -0.05) is 17.3 Å². The van der Waals surface area contributed by atoms with Crippen molar-refractivity contribution >= 4 is 12.0 Å². The monoisotopic (exact) mass is 415 g/mol. The number of hydrogen-bond donors (Lipinski definition) is 0. The van der Waals surface area contributed by atoms with Crippen molar-refractivity contribution < 1.29 is 23.8 Å². The van der Waals surface area contributed by atoms with Crippen LogP contribution in [0, 0.1) is 0 Å². The van der Waals surface area contributed by atoms with Crippen molar-refractivity contribution in [3.63, 3.8) is 0 Å². The molecule has 2 aliphatic heterocycles. The molecule has 0 saturated carbocycles. The summed E-state index contributed by atoms with van der Waals surface area (Å²) in [6, 6.07) is 7.70. The third kappa shape index (κ3) is 3.95. The molecule has 1 atom stereocenters. The standard InChI is InChI=1S/C20H25N5O5/c1-3-29-20(27)24-10-8-23(9-11-24)19(26)18-16-13-30-17(12-25(16)22-21-18)14-4-6-15(28-2)7-5-14/h4-7,17H,3,8-13H2,1-2H3. The molecule has 1 saturated heterocycles. The van der Waals surface area contributed by atoms with E-state index in [-0.39, 0.29) is 24.7 Å². The molecule has 2 aromatic rings. The zero-order chi connectivity index (χ0) is 21.1. The predicted molar refractivity (Wildman–Crippen MR) is 105 cm³/mol. The van der Waals surface area contributed by atoms with Crippen molar-refractivity contribution in [1.29, 1.82) is 0 Å². The largest absolute Gasteiger partial charge is 0.497 e. The Balaban J connectivity index is 1.40. The summed E-state index contributed by atoms with van der Waals surface area (Å²) in [5.41, 5.74) is 2.00. The van der Waals surface area contributed by atoms with Crippen LogP contribution in [0.4, 0.5) is 4.79 Å². The van der Waals surface area contributed by atoms with Crippen LogP contribution in [-0.2, 0) is 22.6 Å². The molecule has 0 aliphatic carbocycles. The molecule has 3 heterocycles. The van der Waals surface area contributed by atoms with Gasteiger partial charge in [0.25, 0.3) is 5.91 Å².